The van der Waals surface area contributed by atoms with E-state index in [1.807, 2.05) is 0 Å². The summed E-state index contributed by atoms with van der Waals surface area (Å²) in [5.41, 5.74) is -0.465. The molecule has 14 heteroatoms. The van der Waals surface area contributed by atoms with Crippen LogP contribution < -0.4 is 14.9 Å². The van der Waals surface area contributed by atoms with Gasteiger partial charge in [0.05, 0.1) is 25.4 Å². The zero-order valence-corrected chi connectivity index (χ0v) is 22.5. The molecule has 0 amide bonds. The summed E-state index contributed by atoms with van der Waals surface area (Å²) in [5.74, 6) is -0.321. The maximum Gasteiger partial charge on any atom is 0.229 e. The van der Waals surface area contributed by atoms with Gasteiger partial charge in [0.2, 0.25) is 6.29 Å². The van der Waals surface area contributed by atoms with Crippen LogP contribution in [0.5, 0.6) is 17.2 Å². The zero-order valence-electron chi connectivity index (χ0n) is 22.5. The van der Waals surface area contributed by atoms with Crippen LogP contribution in [0, 0.1) is 0 Å². The fourth-order valence-corrected chi connectivity index (χ4v) is 5.16. The first-order chi connectivity index (χ1) is 20.0. The Kier molecular flexibility index (Phi) is 8.44. The standard InChI is InChI=1S/C28H32O14/c1-10-20(31)23(34)26(37)28(39-10)40-12-5-3-11(4-6-12)14-7-13(30)18-16(41-14)8-15(38-2)19(22(18)33)27-25(36)24(35)21(32)17(9-29)42-27/h3-8,10,17,20-21,23-29,31-37H,9H2,1-2H3/t10-,17+,20-,21+,23+,24-,25+,26+,27-,28-/m0/s1. The van der Waals surface area contributed by atoms with Crippen molar-refractivity contribution in [2.24, 2.45) is 0 Å². The van der Waals surface area contributed by atoms with Crippen LogP contribution in [0.2, 0.25) is 0 Å². The summed E-state index contributed by atoms with van der Waals surface area (Å²) in [6, 6.07) is 8.58. The van der Waals surface area contributed by atoms with Crippen LogP contribution >= 0.6 is 0 Å². The molecule has 42 heavy (non-hydrogen) atoms. The Hall–Kier alpha value is -3.31. The van der Waals surface area contributed by atoms with Gasteiger partial charge < -0.3 is 64.2 Å². The van der Waals surface area contributed by atoms with Crippen LogP contribution in [0.4, 0.5) is 0 Å². The molecule has 8 N–H and O–H groups in total. The van der Waals surface area contributed by atoms with Crippen molar-refractivity contribution in [1.82, 2.24) is 0 Å². The molecule has 0 bridgehead atoms. The molecular formula is C28H32O14. The molecule has 5 rings (SSSR count). The summed E-state index contributed by atoms with van der Waals surface area (Å²) in [6.45, 7) is 0.840. The maximum absolute atomic E-state index is 13.2. The van der Waals surface area contributed by atoms with Crippen molar-refractivity contribution < 1.29 is 64.2 Å². The molecule has 14 nitrogen and oxygen atoms in total. The molecule has 0 aliphatic carbocycles. The largest absolute Gasteiger partial charge is 0.506 e. The maximum atomic E-state index is 13.2. The number of fused-ring (bicyclic) bond motifs is 1. The smallest absolute Gasteiger partial charge is 0.229 e. The van der Waals surface area contributed by atoms with E-state index < -0.39 is 79.0 Å². The predicted molar refractivity (Wildman–Crippen MR) is 142 cm³/mol. The first kappa shape index (κ1) is 30.2. The van der Waals surface area contributed by atoms with Gasteiger partial charge >= 0.3 is 0 Å². The molecule has 0 saturated carbocycles. The van der Waals surface area contributed by atoms with Gasteiger partial charge in [-0.15, -0.1) is 0 Å². The second-order valence-electron chi connectivity index (χ2n) is 10.3. The minimum absolute atomic E-state index is 0.0547. The summed E-state index contributed by atoms with van der Waals surface area (Å²) in [5, 5.41) is 81.4. The van der Waals surface area contributed by atoms with Crippen molar-refractivity contribution in [2.75, 3.05) is 13.7 Å². The van der Waals surface area contributed by atoms with E-state index in [1.165, 1.54) is 32.2 Å². The summed E-state index contributed by atoms with van der Waals surface area (Å²) in [6.07, 6.45) is -14.1. The van der Waals surface area contributed by atoms with Crippen molar-refractivity contribution in [3.05, 3.63) is 52.2 Å². The molecular weight excluding hydrogens is 560 g/mol. The number of aromatic hydroxyl groups is 1. The van der Waals surface area contributed by atoms with Crippen LogP contribution in [-0.2, 0) is 9.47 Å². The minimum atomic E-state index is -1.73. The van der Waals surface area contributed by atoms with Gasteiger partial charge in [-0.3, -0.25) is 4.79 Å². The van der Waals surface area contributed by atoms with Gasteiger partial charge in [0.25, 0.3) is 0 Å². The summed E-state index contributed by atoms with van der Waals surface area (Å²) in [7, 11) is 1.27. The van der Waals surface area contributed by atoms with Gasteiger partial charge in [0.1, 0.15) is 82.8 Å². The topological polar surface area (TPSA) is 229 Å². The number of rotatable bonds is 6. The molecule has 1 aromatic heterocycles. The van der Waals surface area contributed by atoms with Gasteiger partial charge in [-0.25, -0.2) is 0 Å². The fraction of sp³-hybridized carbons (Fsp3) is 0.464. The lowest BCUT2D eigenvalue weighted by Gasteiger charge is -2.40. The minimum Gasteiger partial charge on any atom is -0.506 e. The van der Waals surface area contributed by atoms with Crippen LogP contribution in [-0.4, -0.2) is 110 Å². The van der Waals surface area contributed by atoms with Gasteiger partial charge in [0, 0.05) is 17.7 Å². The monoisotopic (exact) mass is 592 g/mol. The molecule has 228 valence electrons. The number of phenols is 1. The van der Waals surface area contributed by atoms with E-state index in [0.29, 0.717) is 5.56 Å². The fourth-order valence-electron chi connectivity index (χ4n) is 5.16. The van der Waals surface area contributed by atoms with E-state index in [0.717, 1.165) is 6.07 Å². The number of aliphatic hydroxyl groups is 7. The van der Waals surface area contributed by atoms with E-state index in [1.54, 1.807) is 12.1 Å². The number of ether oxygens (including phenoxy) is 4. The quantitative estimate of drug-likeness (QED) is 0.170. The number of methoxy groups -OCH3 is 1. The second-order valence-corrected chi connectivity index (χ2v) is 10.3. The Bertz CT molecular complexity index is 1470. The number of aliphatic hydroxyl groups excluding tert-OH is 7. The summed E-state index contributed by atoms with van der Waals surface area (Å²) in [4.78, 5) is 13.2. The molecule has 2 saturated heterocycles. The predicted octanol–water partition coefficient (Wildman–Crippen LogP) is -1.10. The SMILES string of the molecule is COc1cc2oc(-c3ccc(O[C@@H]4O[C@@H](C)[C@H](O)[C@@H](O)[C@H]4O)cc3)cc(=O)c2c(O)c1[C@@H]1O[C@H](CO)[C@@H](O)[C@H](O)[C@H]1O. The molecule has 0 radical (unpaired) electrons. The highest BCUT2D eigenvalue weighted by atomic mass is 16.7. The molecule has 0 unspecified atom stereocenters. The second kappa shape index (κ2) is 11.8. The lowest BCUT2D eigenvalue weighted by molar-refractivity contribution is -0.268. The molecule has 3 heterocycles. The molecule has 2 fully saturated rings. The van der Waals surface area contributed by atoms with Crippen molar-refractivity contribution in [3.63, 3.8) is 0 Å². The highest BCUT2D eigenvalue weighted by Gasteiger charge is 2.46. The van der Waals surface area contributed by atoms with E-state index >= 15 is 0 Å². The number of phenolic OH excluding ortho intramolecular Hbond substituents is 1. The van der Waals surface area contributed by atoms with Crippen molar-refractivity contribution in [1.29, 1.82) is 0 Å². The third-order valence-electron chi connectivity index (χ3n) is 7.59. The van der Waals surface area contributed by atoms with E-state index in [4.69, 9.17) is 23.4 Å². The highest BCUT2D eigenvalue weighted by Crippen LogP contribution is 2.45. The van der Waals surface area contributed by atoms with Crippen molar-refractivity contribution in [2.45, 2.75) is 68.1 Å². The molecule has 2 aliphatic heterocycles. The molecule has 3 aromatic rings. The van der Waals surface area contributed by atoms with E-state index in [2.05, 4.69) is 0 Å². The van der Waals surface area contributed by atoms with Crippen LogP contribution in [0.15, 0.2) is 45.6 Å². The third-order valence-corrected chi connectivity index (χ3v) is 7.59. The molecule has 0 spiro atoms. The first-order valence-corrected chi connectivity index (χ1v) is 13.1. The van der Waals surface area contributed by atoms with Gasteiger partial charge in [-0.05, 0) is 31.2 Å². The first-order valence-electron chi connectivity index (χ1n) is 13.1. The van der Waals surface area contributed by atoms with Gasteiger partial charge in [-0.1, -0.05) is 0 Å². The molecule has 2 aliphatic rings. The lowest BCUT2D eigenvalue weighted by Crippen LogP contribution is -2.58. The summed E-state index contributed by atoms with van der Waals surface area (Å²) < 4.78 is 27.9. The van der Waals surface area contributed by atoms with Crippen molar-refractivity contribution >= 4 is 11.0 Å². The normalized spacial score (nSPS) is 33.5. The van der Waals surface area contributed by atoms with Crippen LogP contribution in [0.3, 0.4) is 0 Å². The van der Waals surface area contributed by atoms with Gasteiger partial charge in [0.15, 0.2) is 5.43 Å². The molecule has 10 atom stereocenters. The Morgan fingerprint density at radius 3 is 2.17 bits per heavy atom. The van der Waals surface area contributed by atoms with Crippen molar-refractivity contribution in [3.8, 4) is 28.6 Å². The number of benzene rings is 2. The Balaban J connectivity index is 1.46. The Labute approximate surface area is 238 Å². The zero-order chi connectivity index (χ0) is 30.5. The lowest BCUT2D eigenvalue weighted by atomic mass is 9.89. The third kappa shape index (κ3) is 5.21. The van der Waals surface area contributed by atoms with E-state index in [-0.39, 0.29) is 33.8 Å². The average Bonchev–Trinajstić information content (AvgIpc) is 2.98. The average molecular weight is 593 g/mol. The van der Waals surface area contributed by atoms with E-state index in [9.17, 15) is 45.6 Å². The summed E-state index contributed by atoms with van der Waals surface area (Å²) >= 11 is 0. The molecule has 2 aromatic carbocycles. The van der Waals surface area contributed by atoms with Gasteiger partial charge in [-0.2, -0.15) is 0 Å². The van der Waals surface area contributed by atoms with Crippen LogP contribution in [0.1, 0.15) is 18.6 Å². The number of hydrogen-bond donors (Lipinski definition) is 8. The van der Waals surface area contributed by atoms with Crippen LogP contribution in [0.25, 0.3) is 22.3 Å². The highest BCUT2D eigenvalue weighted by molar-refractivity contribution is 5.88. The Morgan fingerprint density at radius 1 is 0.857 bits per heavy atom. The number of hydrogen-bond acceptors (Lipinski definition) is 14. The Morgan fingerprint density at radius 2 is 1.52 bits per heavy atom.